The van der Waals surface area contributed by atoms with Gasteiger partial charge in [-0.15, -0.1) is 0 Å². The molecule has 8 atom stereocenters. The van der Waals surface area contributed by atoms with Crippen LogP contribution < -0.4 is 5.73 Å². The van der Waals surface area contributed by atoms with Gasteiger partial charge in [-0.25, -0.2) is 8.78 Å². The van der Waals surface area contributed by atoms with Gasteiger partial charge < -0.3 is 25.8 Å². The lowest BCUT2D eigenvalue weighted by molar-refractivity contribution is -0.187. The molecule has 0 spiro atoms. The number of aliphatic hydroxyl groups is 3. The summed E-state index contributed by atoms with van der Waals surface area (Å²) in [5.41, 5.74) is 3.61. The fourth-order valence-electron chi connectivity index (χ4n) is 8.85. The van der Waals surface area contributed by atoms with E-state index < -0.39 is 64.2 Å². The minimum absolute atomic E-state index is 0.0266. The van der Waals surface area contributed by atoms with Gasteiger partial charge in [0.15, 0.2) is 5.78 Å². The Kier molecular flexibility index (Phi) is 8.77. The first-order chi connectivity index (χ1) is 20.6. The Balaban J connectivity index is 1.21. The number of aryl methyl sites for hydroxylation is 1. The largest absolute Gasteiger partial charge is 0.457 e. The highest BCUT2D eigenvalue weighted by molar-refractivity contribution is 6.04. The highest BCUT2D eigenvalue weighted by atomic mass is 19.3. The molecule has 5 rings (SSSR count). The van der Waals surface area contributed by atoms with Crippen LogP contribution in [-0.4, -0.2) is 56.5 Å². The molecule has 0 heterocycles. The number of ether oxygens (including phenoxy) is 1. The standard InChI is InChI=1S/C35H47F2NO6/c1-20-15-27-33(42,29(20)40)18-23(19-39)16-25-28-32(3,4)34(28,17-21(2)35(25,27)43)44-31(41)26(38)10-8-6-5-7-9-22-11-13-24(14-12-22)30(36)37/h11-16,21,25-28,30,39,42-43H,5-10,17-19,38H2,1-4H3/t21-,25+,26?,27-,28-,33-,34+,35-/m1/s1. The van der Waals surface area contributed by atoms with E-state index in [4.69, 9.17) is 10.5 Å². The number of alkyl halides is 2. The fraction of sp³-hybridized carbons (Fsp3) is 0.657. The topological polar surface area (TPSA) is 130 Å². The lowest BCUT2D eigenvalue weighted by Crippen LogP contribution is -2.61. The van der Waals surface area contributed by atoms with Crippen LogP contribution in [-0.2, 0) is 20.7 Å². The number of rotatable bonds is 11. The molecule has 2 fully saturated rings. The van der Waals surface area contributed by atoms with Crippen molar-refractivity contribution in [3.05, 3.63) is 58.7 Å². The average molecular weight is 616 g/mol. The molecule has 44 heavy (non-hydrogen) atoms. The first-order valence-corrected chi connectivity index (χ1v) is 16.0. The molecule has 4 aliphatic carbocycles. The summed E-state index contributed by atoms with van der Waals surface area (Å²) in [6, 6.07) is 5.63. The molecule has 4 aliphatic rings. The number of Topliss-reactive ketones (excluding diaryl/α,β-unsaturated/α-hetero) is 1. The zero-order valence-corrected chi connectivity index (χ0v) is 26.2. The van der Waals surface area contributed by atoms with Gasteiger partial charge >= 0.3 is 5.97 Å². The van der Waals surface area contributed by atoms with Crippen molar-refractivity contribution in [3.63, 3.8) is 0 Å². The molecule has 0 aromatic heterocycles. The molecule has 0 saturated heterocycles. The third kappa shape index (κ3) is 5.17. The van der Waals surface area contributed by atoms with Crippen LogP contribution in [0.3, 0.4) is 0 Å². The van der Waals surface area contributed by atoms with Crippen LogP contribution in [0.4, 0.5) is 8.78 Å². The van der Waals surface area contributed by atoms with E-state index >= 15 is 0 Å². The van der Waals surface area contributed by atoms with E-state index in [0.717, 1.165) is 37.7 Å². The molecule has 0 aliphatic heterocycles. The van der Waals surface area contributed by atoms with E-state index in [9.17, 15) is 33.7 Å². The van der Waals surface area contributed by atoms with E-state index in [2.05, 4.69) is 0 Å². The summed E-state index contributed by atoms with van der Waals surface area (Å²) in [5.74, 6) is -2.99. The van der Waals surface area contributed by atoms with Gasteiger partial charge in [0.2, 0.25) is 0 Å². The third-order valence-corrected chi connectivity index (χ3v) is 11.4. The number of unbranched alkanes of at least 4 members (excludes halogenated alkanes) is 3. The average Bonchev–Trinajstić information content (AvgIpc) is 3.38. The van der Waals surface area contributed by atoms with E-state index in [1.165, 1.54) is 12.1 Å². The normalized spacial score (nSPS) is 36.0. The van der Waals surface area contributed by atoms with Gasteiger partial charge in [0.05, 0.1) is 12.2 Å². The Morgan fingerprint density at radius 3 is 2.39 bits per heavy atom. The minimum Gasteiger partial charge on any atom is -0.457 e. The van der Waals surface area contributed by atoms with Crippen molar-refractivity contribution in [1.82, 2.24) is 0 Å². The number of hydrogen-bond acceptors (Lipinski definition) is 7. The Labute approximate surface area is 258 Å². The first kappa shape index (κ1) is 32.9. The van der Waals surface area contributed by atoms with Gasteiger partial charge in [-0.3, -0.25) is 9.59 Å². The number of fused-ring (bicyclic) bond motifs is 5. The van der Waals surface area contributed by atoms with Crippen LogP contribution >= 0.6 is 0 Å². The number of halogens is 2. The minimum atomic E-state index is -2.46. The summed E-state index contributed by atoms with van der Waals surface area (Å²) in [6.45, 7) is 7.21. The maximum Gasteiger partial charge on any atom is 0.323 e. The maximum atomic E-state index is 13.4. The summed E-state index contributed by atoms with van der Waals surface area (Å²) in [7, 11) is 0. The third-order valence-electron chi connectivity index (χ3n) is 11.4. The molecular weight excluding hydrogens is 568 g/mol. The molecule has 242 valence electrons. The monoisotopic (exact) mass is 615 g/mol. The maximum absolute atomic E-state index is 13.4. The molecule has 0 amide bonds. The van der Waals surface area contributed by atoms with Crippen molar-refractivity contribution in [2.45, 2.75) is 108 Å². The molecule has 9 heteroatoms. The molecule has 1 unspecified atom stereocenters. The van der Waals surface area contributed by atoms with Gasteiger partial charge in [0, 0.05) is 35.2 Å². The van der Waals surface area contributed by atoms with Crippen molar-refractivity contribution in [2.24, 2.45) is 34.8 Å². The Morgan fingerprint density at radius 1 is 1.09 bits per heavy atom. The van der Waals surface area contributed by atoms with Crippen molar-refractivity contribution in [1.29, 1.82) is 0 Å². The highest BCUT2D eigenvalue weighted by Gasteiger charge is 2.83. The zero-order valence-electron chi connectivity index (χ0n) is 26.2. The van der Waals surface area contributed by atoms with Crippen LogP contribution in [0.2, 0.25) is 0 Å². The number of carbonyl (C=O) groups is 2. The van der Waals surface area contributed by atoms with Crippen LogP contribution in [0.5, 0.6) is 0 Å². The second-order valence-electron chi connectivity index (χ2n) is 14.4. The van der Waals surface area contributed by atoms with E-state index in [-0.39, 0.29) is 24.5 Å². The Morgan fingerprint density at radius 2 is 1.75 bits per heavy atom. The number of hydrogen-bond donors (Lipinski definition) is 4. The van der Waals surface area contributed by atoms with E-state index in [0.29, 0.717) is 24.0 Å². The highest BCUT2D eigenvalue weighted by Crippen LogP contribution is 2.76. The number of ketones is 1. The summed E-state index contributed by atoms with van der Waals surface area (Å²) >= 11 is 0. The first-order valence-electron chi connectivity index (χ1n) is 16.0. The lowest BCUT2D eigenvalue weighted by Gasteiger charge is -2.50. The summed E-state index contributed by atoms with van der Waals surface area (Å²) in [6.07, 6.45) is 6.10. The predicted octanol–water partition coefficient (Wildman–Crippen LogP) is 4.97. The number of aliphatic hydroxyl groups excluding tert-OH is 1. The van der Waals surface area contributed by atoms with Crippen molar-refractivity contribution in [2.75, 3.05) is 6.61 Å². The van der Waals surface area contributed by atoms with Gasteiger partial charge in [0.1, 0.15) is 17.2 Å². The van der Waals surface area contributed by atoms with Crippen LogP contribution in [0.1, 0.15) is 90.2 Å². The SMILES string of the molecule is CC1=C[C@H]2[C@@]3(O)[C@H](C)C[C@]4(OC(=O)C(N)CCCCCCc5ccc(C(F)F)cc5)[C@H]([C@@H]3C=C(CO)C[C@]2(O)C1=O)C4(C)C. The van der Waals surface area contributed by atoms with Gasteiger partial charge in [0.25, 0.3) is 6.43 Å². The number of nitrogens with two attached hydrogens (primary N) is 1. The van der Waals surface area contributed by atoms with Crippen molar-refractivity contribution >= 4 is 11.8 Å². The Hall–Kier alpha value is -2.46. The molecule has 0 radical (unpaired) electrons. The van der Waals surface area contributed by atoms with Crippen LogP contribution in [0.15, 0.2) is 47.6 Å². The second kappa shape index (κ2) is 11.7. The summed E-state index contributed by atoms with van der Waals surface area (Å²) in [4.78, 5) is 26.5. The predicted molar refractivity (Wildman–Crippen MR) is 161 cm³/mol. The fourth-order valence-corrected chi connectivity index (χ4v) is 8.85. The van der Waals surface area contributed by atoms with Crippen molar-refractivity contribution < 1.29 is 38.4 Å². The van der Waals surface area contributed by atoms with Crippen molar-refractivity contribution in [3.8, 4) is 0 Å². The number of benzene rings is 1. The molecule has 1 aromatic rings. The summed E-state index contributed by atoms with van der Waals surface area (Å²) < 4.78 is 31.8. The van der Waals surface area contributed by atoms with Gasteiger partial charge in [-0.05, 0) is 55.2 Å². The lowest BCUT2D eigenvalue weighted by atomic mass is 9.60. The second-order valence-corrected chi connectivity index (χ2v) is 14.4. The van der Waals surface area contributed by atoms with E-state index in [1.807, 2.05) is 26.8 Å². The number of esters is 1. The molecule has 7 nitrogen and oxygen atoms in total. The quantitative estimate of drug-likeness (QED) is 0.157. The molecule has 0 bridgehead atoms. The van der Waals surface area contributed by atoms with Gasteiger partial charge in [-0.2, -0.15) is 0 Å². The van der Waals surface area contributed by atoms with Crippen LogP contribution in [0, 0.1) is 29.1 Å². The molecule has 1 aromatic carbocycles. The molecule has 2 saturated carbocycles. The number of carbonyl (C=O) groups excluding carboxylic acids is 2. The molecular formula is C35H47F2NO6. The van der Waals surface area contributed by atoms with E-state index in [1.54, 1.807) is 25.1 Å². The van der Waals surface area contributed by atoms with Crippen LogP contribution in [0.25, 0.3) is 0 Å². The summed E-state index contributed by atoms with van der Waals surface area (Å²) in [5, 5.41) is 34.2. The molecule has 5 N–H and O–H groups in total. The van der Waals surface area contributed by atoms with Gasteiger partial charge in [-0.1, -0.05) is 76.5 Å². The Bertz CT molecular complexity index is 1340. The zero-order chi connectivity index (χ0) is 32.2. The smallest absolute Gasteiger partial charge is 0.323 e.